The number of hydrogen-bond donors (Lipinski definition) is 1. The van der Waals surface area contributed by atoms with Crippen molar-refractivity contribution in [3.63, 3.8) is 0 Å². The van der Waals surface area contributed by atoms with Gasteiger partial charge >= 0.3 is 0 Å². The first-order chi connectivity index (χ1) is 14.9. The van der Waals surface area contributed by atoms with Crippen LogP contribution in [0.2, 0.25) is 0 Å². The molecule has 0 radical (unpaired) electrons. The number of likely N-dealkylation sites (N-methyl/N-ethyl adjacent to an activating group) is 1. The highest BCUT2D eigenvalue weighted by Crippen LogP contribution is 2.41. The van der Waals surface area contributed by atoms with E-state index in [0.29, 0.717) is 31.0 Å². The summed E-state index contributed by atoms with van der Waals surface area (Å²) in [6.07, 6.45) is 6.02. The van der Waals surface area contributed by atoms with Crippen molar-refractivity contribution in [2.24, 2.45) is 0 Å². The summed E-state index contributed by atoms with van der Waals surface area (Å²) in [5.74, 6) is 0.991. The Kier molecular flexibility index (Phi) is 5.60. The number of fused-ring (bicyclic) bond motifs is 2. The van der Waals surface area contributed by atoms with E-state index in [2.05, 4.69) is 22.3 Å². The number of amides is 1. The van der Waals surface area contributed by atoms with Gasteiger partial charge in [0, 0.05) is 55.8 Å². The molecular formula is C21H33N5O4S. The van der Waals surface area contributed by atoms with Crippen LogP contribution in [0.3, 0.4) is 0 Å². The summed E-state index contributed by atoms with van der Waals surface area (Å²) in [6.45, 7) is 4.14. The van der Waals surface area contributed by atoms with Gasteiger partial charge in [-0.25, -0.2) is 0 Å². The predicted molar refractivity (Wildman–Crippen MR) is 115 cm³/mol. The molecule has 1 aliphatic carbocycles. The molecule has 172 valence electrons. The van der Waals surface area contributed by atoms with E-state index < -0.39 is 10.2 Å². The minimum atomic E-state index is -3.51. The maximum atomic E-state index is 13.6. The summed E-state index contributed by atoms with van der Waals surface area (Å²) in [5.41, 5.74) is 0.326. The van der Waals surface area contributed by atoms with Crippen molar-refractivity contribution in [3.8, 4) is 0 Å². The predicted octanol–water partition coefficient (Wildman–Crippen LogP) is 1.55. The lowest BCUT2D eigenvalue weighted by atomic mass is 9.99. The summed E-state index contributed by atoms with van der Waals surface area (Å²) in [6, 6.07) is 1.64. The van der Waals surface area contributed by atoms with Gasteiger partial charge in [-0.2, -0.15) is 17.0 Å². The lowest BCUT2D eigenvalue weighted by Crippen LogP contribution is -2.61. The molecule has 4 fully saturated rings. The Balaban J connectivity index is 1.25. The van der Waals surface area contributed by atoms with Crippen LogP contribution in [0.4, 0.5) is 0 Å². The molecule has 4 aliphatic rings. The molecule has 1 aromatic heterocycles. The van der Waals surface area contributed by atoms with Gasteiger partial charge in [0.1, 0.15) is 5.76 Å². The second kappa shape index (κ2) is 8.13. The average Bonchev–Trinajstić information content (AvgIpc) is 3.39. The summed E-state index contributed by atoms with van der Waals surface area (Å²) in [4.78, 5) is 14.9. The molecule has 3 aliphatic heterocycles. The zero-order valence-electron chi connectivity index (χ0n) is 18.4. The Morgan fingerprint density at radius 2 is 1.90 bits per heavy atom. The number of hydrogen-bond acceptors (Lipinski definition) is 6. The van der Waals surface area contributed by atoms with Crippen molar-refractivity contribution in [2.45, 2.75) is 82.0 Å². The molecular weight excluding hydrogens is 418 g/mol. The number of rotatable bonds is 6. The summed E-state index contributed by atoms with van der Waals surface area (Å²) >= 11 is 0. The first-order valence-electron chi connectivity index (χ1n) is 11.6. The van der Waals surface area contributed by atoms with Crippen molar-refractivity contribution >= 4 is 16.1 Å². The molecule has 1 saturated carbocycles. The van der Waals surface area contributed by atoms with Gasteiger partial charge in [-0.3, -0.25) is 4.79 Å². The van der Waals surface area contributed by atoms with Crippen molar-refractivity contribution in [3.05, 3.63) is 17.5 Å². The maximum Gasteiger partial charge on any atom is 0.282 e. The lowest BCUT2D eigenvalue weighted by Gasteiger charge is -2.45. The van der Waals surface area contributed by atoms with Crippen LogP contribution in [0, 0.1) is 0 Å². The number of piperazine rings is 1. The molecule has 2 unspecified atom stereocenters. The van der Waals surface area contributed by atoms with Gasteiger partial charge in [0.05, 0.1) is 0 Å². The highest BCUT2D eigenvalue weighted by molar-refractivity contribution is 7.86. The number of carbonyl (C=O) groups is 1. The molecule has 3 saturated heterocycles. The van der Waals surface area contributed by atoms with Gasteiger partial charge in [-0.1, -0.05) is 12.1 Å². The van der Waals surface area contributed by atoms with Crippen LogP contribution in [-0.2, 0) is 10.2 Å². The summed E-state index contributed by atoms with van der Waals surface area (Å²) in [5, 5.41) is 7.01. The SMILES string of the molecule is CCC1CN(C)CCN1S(=O)(=O)N1[C@@H]2CC[C@H]1CC(NC(=O)c1cc(C3CC3)on1)C2. The van der Waals surface area contributed by atoms with Gasteiger partial charge in [-0.05, 0) is 52.0 Å². The fourth-order valence-electron chi connectivity index (χ4n) is 5.60. The number of aromatic nitrogens is 1. The molecule has 4 atom stereocenters. The van der Waals surface area contributed by atoms with Gasteiger partial charge in [0.25, 0.3) is 16.1 Å². The Morgan fingerprint density at radius 1 is 1.19 bits per heavy atom. The van der Waals surface area contributed by atoms with Crippen LogP contribution in [0.5, 0.6) is 0 Å². The molecule has 4 heterocycles. The van der Waals surface area contributed by atoms with E-state index in [1.54, 1.807) is 14.7 Å². The minimum Gasteiger partial charge on any atom is -0.360 e. The number of carbonyl (C=O) groups excluding carboxylic acids is 1. The molecule has 1 N–H and O–H groups in total. The summed E-state index contributed by atoms with van der Waals surface area (Å²) < 4.78 is 36.0. The number of piperidine rings is 1. The quantitative estimate of drug-likeness (QED) is 0.705. The van der Waals surface area contributed by atoms with Crippen LogP contribution in [0.15, 0.2) is 10.6 Å². The third kappa shape index (κ3) is 4.03. The average molecular weight is 452 g/mol. The monoisotopic (exact) mass is 451 g/mol. The Hall–Kier alpha value is -1.49. The zero-order chi connectivity index (χ0) is 21.8. The van der Waals surface area contributed by atoms with Crippen molar-refractivity contribution in [1.82, 2.24) is 24.0 Å². The highest BCUT2D eigenvalue weighted by atomic mass is 32.2. The van der Waals surface area contributed by atoms with E-state index in [0.717, 1.165) is 51.0 Å². The van der Waals surface area contributed by atoms with Gasteiger partial charge in [0.2, 0.25) is 0 Å². The van der Waals surface area contributed by atoms with E-state index in [1.807, 2.05) is 7.05 Å². The lowest BCUT2D eigenvalue weighted by molar-refractivity contribution is 0.0893. The summed E-state index contributed by atoms with van der Waals surface area (Å²) in [7, 11) is -1.46. The second-order valence-electron chi connectivity index (χ2n) is 9.69. The van der Waals surface area contributed by atoms with Gasteiger partial charge in [-0.15, -0.1) is 0 Å². The van der Waals surface area contributed by atoms with Crippen molar-refractivity contribution in [2.75, 3.05) is 26.7 Å². The normalized spacial score (nSPS) is 33.0. The Bertz CT molecular complexity index is 916. The molecule has 1 aromatic rings. The first-order valence-corrected chi connectivity index (χ1v) is 13.0. The molecule has 10 heteroatoms. The highest BCUT2D eigenvalue weighted by Gasteiger charge is 2.50. The van der Waals surface area contributed by atoms with Crippen molar-refractivity contribution < 1.29 is 17.7 Å². The third-order valence-electron chi connectivity index (χ3n) is 7.41. The number of nitrogens with zero attached hydrogens (tertiary/aromatic N) is 4. The molecule has 31 heavy (non-hydrogen) atoms. The molecule has 0 aromatic carbocycles. The smallest absolute Gasteiger partial charge is 0.282 e. The van der Waals surface area contributed by atoms with Crippen LogP contribution in [0.1, 0.15) is 74.0 Å². The van der Waals surface area contributed by atoms with Gasteiger partial charge < -0.3 is 14.7 Å². The molecule has 9 nitrogen and oxygen atoms in total. The molecule has 1 amide bonds. The molecule has 5 rings (SSSR count). The Labute approximate surface area is 184 Å². The van der Waals surface area contributed by atoms with Crippen LogP contribution in [-0.4, -0.2) is 83.8 Å². The second-order valence-corrected chi connectivity index (χ2v) is 11.5. The van der Waals surface area contributed by atoms with E-state index in [4.69, 9.17) is 4.52 Å². The molecule has 0 spiro atoms. The Morgan fingerprint density at radius 3 is 2.55 bits per heavy atom. The number of nitrogens with one attached hydrogen (secondary N) is 1. The van der Waals surface area contributed by atoms with E-state index in [9.17, 15) is 13.2 Å². The largest absolute Gasteiger partial charge is 0.360 e. The van der Waals surface area contributed by atoms with Crippen LogP contribution in [0.25, 0.3) is 0 Å². The minimum absolute atomic E-state index is 0.0217. The van der Waals surface area contributed by atoms with E-state index in [1.165, 1.54) is 0 Å². The van der Waals surface area contributed by atoms with E-state index in [-0.39, 0.29) is 30.1 Å². The fraction of sp³-hybridized carbons (Fsp3) is 0.810. The molecule has 2 bridgehead atoms. The fourth-order valence-corrected chi connectivity index (χ4v) is 7.88. The zero-order valence-corrected chi connectivity index (χ0v) is 19.2. The first kappa shape index (κ1) is 21.4. The van der Waals surface area contributed by atoms with Gasteiger partial charge in [0.15, 0.2) is 5.69 Å². The third-order valence-corrected chi connectivity index (χ3v) is 9.61. The van der Waals surface area contributed by atoms with E-state index >= 15 is 0 Å². The standard InChI is InChI=1S/C21H33N5O4S/c1-3-16-13-24(2)8-9-25(16)31(28,29)26-17-6-7-18(26)11-15(10-17)22-21(27)19-12-20(30-23-19)14-4-5-14/h12,14-18H,3-11,13H2,1-2H3,(H,22,27)/t15?,16?,17-,18+. The van der Waals surface area contributed by atoms with Crippen LogP contribution < -0.4 is 5.32 Å². The van der Waals surface area contributed by atoms with Crippen LogP contribution >= 0.6 is 0 Å². The maximum absolute atomic E-state index is 13.6. The van der Waals surface area contributed by atoms with Crippen molar-refractivity contribution in [1.29, 1.82) is 0 Å². The topological polar surface area (TPSA) is 99.0 Å².